The van der Waals surface area contributed by atoms with Gasteiger partial charge in [-0.05, 0) is 29.2 Å². The summed E-state index contributed by atoms with van der Waals surface area (Å²) in [4.78, 5) is 1.58. The van der Waals surface area contributed by atoms with Gasteiger partial charge in [-0.2, -0.15) is 5.01 Å². The van der Waals surface area contributed by atoms with E-state index in [2.05, 4.69) is 85.9 Å². The van der Waals surface area contributed by atoms with Gasteiger partial charge in [0.05, 0.1) is 44.7 Å². The van der Waals surface area contributed by atoms with Gasteiger partial charge < -0.3 is 15.1 Å². The molecule has 1 fully saturated rings. The number of nitrogens with one attached hydrogen (secondary N) is 2. The van der Waals surface area contributed by atoms with Crippen molar-refractivity contribution in [3.63, 3.8) is 0 Å². The number of hydrogen-bond acceptors (Lipinski definition) is 3. The molecule has 0 amide bonds. The molecule has 0 bridgehead atoms. The van der Waals surface area contributed by atoms with Crippen LogP contribution in [0.1, 0.15) is 55.3 Å². The molecule has 4 nitrogen and oxygen atoms in total. The zero-order valence-electron chi connectivity index (χ0n) is 17.0. The van der Waals surface area contributed by atoms with Crippen LogP contribution in [0.4, 0.5) is 0 Å². The fraction of sp³-hybridized carbons (Fsp3) is 0.417. The first kappa shape index (κ1) is 17.8. The van der Waals surface area contributed by atoms with Crippen molar-refractivity contribution in [1.29, 1.82) is 0 Å². The standard InChI is InChI=1S/C24H29N3O/c1-17(2)18-8-10-19(11-9-18)21-16-22-20-6-4-5-7-23(20)28-24(27(22)25-21)12-14-26(3)15-13-24/h4-11,16-17,22,25H,12-15H2,1-3H3/p+1/t22-/m1/s1. The number of hydrazine groups is 1. The monoisotopic (exact) mass is 376 g/mol. The number of piperidine rings is 1. The molecule has 5 rings (SSSR count). The molecule has 2 aromatic rings. The van der Waals surface area contributed by atoms with Crippen molar-refractivity contribution in [2.45, 2.75) is 44.4 Å². The van der Waals surface area contributed by atoms with Crippen LogP contribution in [0.5, 0.6) is 5.75 Å². The van der Waals surface area contributed by atoms with E-state index >= 15 is 0 Å². The van der Waals surface area contributed by atoms with E-state index in [1.165, 1.54) is 22.4 Å². The topological polar surface area (TPSA) is 28.9 Å². The lowest BCUT2D eigenvalue weighted by Crippen LogP contribution is -3.11. The Hall–Kier alpha value is -2.30. The van der Waals surface area contributed by atoms with Crippen molar-refractivity contribution in [3.8, 4) is 5.75 Å². The third-order valence-corrected chi connectivity index (χ3v) is 6.59. The maximum atomic E-state index is 6.67. The first-order chi connectivity index (χ1) is 13.6. The van der Waals surface area contributed by atoms with Crippen molar-refractivity contribution < 1.29 is 9.64 Å². The number of fused-ring (bicyclic) bond motifs is 4. The number of rotatable bonds is 2. The van der Waals surface area contributed by atoms with Crippen LogP contribution in [0, 0.1) is 0 Å². The maximum absolute atomic E-state index is 6.67. The third kappa shape index (κ3) is 2.83. The molecule has 2 N–H and O–H groups in total. The van der Waals surface area contributed by atoms with E-state index in [1.807, 2.05) is 0 Å². The highest BCUT2D eigenvalue weighted by atomic mass is 16.5. The Morgan fingerprint density at radius 1 is 1.07 bits per heavy atom. The van der Waals surface area contributed by atoms with E-state index in [1.54, 1.807) is 4.90 Å². The predicted octanol–water partition coefficient (Wildman–Crippen LogP) is 3.11. The smallest absolute Gasteiger partial charge is 0.191 e. The summed E-state index contributed by atoms with van der Waals surface area (Å²) >= 11 is 0. The van der Waals surface area contributed by atoms with Gasteiger partial charge in [-0.1, -0.05) is 56.3 Å². The van der Waals surface area contributed by atoms with Crippen LogP contribution < -0.4 is 15.1 Å². The lowest BCUT2D eigenvalue weighted by atomic mass is 9.93. The van der Waals surface area contributed by atoms with Crippen LogP contribution in [0.3, 0.4) is 0 Å². The van der Waals surface area contributed by atoms with E-state index in [0.717, 1.165) is 31.7 Å². The van der Waals surface area contributed by atoms with Crippen LogP contribution in [-0.2, 0) is 0 Å². The average Bonchev–Trinajstić information content (AvgIpc) is 3.17. The minimum atomic E-state index is -0.269. The summed E-state index contributed by atoms with van der Waals surface area (Å²) in [7, 11) is 2.28. The van der Waals surface area contributed by atoms with Gasteiger partial charge in [0.15, 0.2) is 5.72 Å². The normalized spacial score (nSPS) is 29.1. The van der Waals surface area contributed by atoms with E-state index in [9.17, 15) is 0 Å². The SMILES string of the molecule is CC(C)c1ccc(C2=C[C@@H]3c4ccccc4OC4(CC[NH+](C)CC4)N3N2)cc1. The number of benzene rings is 2. The van der Waals surface area contributed by atoms with E-state index in [0.29, 0.717) is 5.92 Å². The molecule has 3 aliphatic heterocycles. The van der Waals surface area contributed by atoms with Crippen LogP contribution in [0.2, 0.25) is 0 Å². The number of para-hydroxylation sites is 1. The lowest BCUT2D eigenvalue weighted by molar-refractivity contribution is -0.888. The molecule has 146 valence electrons. The Balaban J connectivity index is 1.52. The Labute approximate surface area is 167 Å². The van der Waals surface area contributed by atoms with Gasteiger partial charge in [0.1, 0.15) is 5.75 Å². The second-order valence-electron chi connectivity index (χ2n) is 8.83. The molecule has 1 atom stereocenters. The zero-order valence-corrected chi connectivity index (χ0v) is 17.0. The molecule has 1 spiro atoms. The minimum absolute atomic E-state index is 0.211. The quantitative estimate of drug-likeness (QED) is 0.844. The molecule has 3 heterocycles. The Bertz CT molecular complexity index is 894. The highest BCUT2D eigenvalue weighted by Gasteiger charge is 2.52. The number of nitrogens with zero attached hydrogens (tertiary/aromatic N) is 1. The zero-order chi connectivity index (χ0) is 19.3. The van der Waals surface area contributed by atoms with Crippen molar-refractivity contribution in [2.24, 2.45) is 0 Å². The summed E-state index contributed by atoms with van der Waals surface area (Å²) in [5.74, 6) is 1.59. The molecular formula is C24H30N3O+. The van der Waals surface area contributed by atoms with Crippen LogP contribution in [0.15, 0.2) is 54.6 Å². The van der Waals surface area contributed by atoms with Crippen LogP contribution >= 0.6 is 0 Å². The summed E-state index contributed by atoms with van der Waals surface area (Å²) in [6.45, 7) is 6.74. The first-order valence-electron chi connectivity index (χ1n) is 10.5. The second kappa shape index (κ2) is 6.64. The van der Waals surface area contributed by atoms with Crippen LogP contribution in [0.25, 0.3) is 5.70 Å². The molecule has 4 heteroatoms. The van der Waals surface area contributed by atoms with Crippen molar-refractivity contribution >= 4 is 5.70 Å². The Morgan fingerprint density at radius 3 is 2.50 bits per heavy atom. The van der Waals surface area contributed by atoms with Gasteiger partial charge in [0.2, 0.25) is 0 Å². The summed E-state index contributed by atoms with van der Waals surface area (Å²) in [5.41, 5.74) is 8.52. The van der Waals surface area contributed by atoms with E-state index < -0.39 is 0 Å². The lowest BCUT2D eigenvalue weighted by Gasteiger charge is -2.50. The summed E-state index contributed by atoms with van der Waals surface area (Å²) < 4.78 is 6.67. The number of likely N-dealkylation sites (tertiary alicyclic amines) is 1. The molecular weight excluding hydrogens is 346 g/mol. The van der Waals surface area contributed by atoms with E-state index in [-0.39, 0.29) is 11.8 Å². The predicted molar refractivity (Wildman–Crippen MR) is 112 cm³/mol. The maximum Gasteiger partial charge on any atom is 0.191 e. The van der Waals surface area contributed by atoms with Gasteiger partial charge in [-0.25, -0.2) is 0 Å². The van der Waals surface area contributed by atoms with Gasteiger partial charge >= 0.3 is 0 Å². The average molecular weight is 377 g/mol. The first-order valence-corrected chi connectivity index (χ1v) is 10.5. The molecule has 0 aliphatic carbocycles. The third-order valence-electron chi connectivity index (χ3n) is 6.59. The number of quaternary nitrogens is 1. The highest BCUT2D eigenvalue weighted by molar-refractivity contribution is 5.68. The largest absolute Gasteiger partial charge is 0.470 e. The fourth-order valence-corrected chi connectivity index (χ4v) is 4.74. The number of hydrogen-bond donors (Lipinski definition) is 2. The molecule has 1 saturated heterocycles. The van der Waals surface area contributed by atoms with Gasteiger partial charge in [0, 0.05) is 5.56 Å². The molecule has 0 unspecified atom stereocenters. The molecule has 2 aromatic carbocycles. The highest BCUT2D eigenvalue weighted by Crippen LogP contribution is 2.47. The second-order valence-corrected chi connectivity index (χ2v) is 8.83. The molecule has 0 saturated carbocycles. The Morgan fingerprint density at radius 2 is 1.79 bits per heavy atom. The van der Waals surface area contributed by atoms with Gasteiger partial charge in [-0.15, -0.1) is 0 Å². The van der Waals surface area contributed by atoms with Crippen LogP contribution in [-0.4, -0.2) is 30.9 Å². The molecule has 0 radical (unpaired) electrons. The van der Waals surface area contributed by atoms with Crippen molar-refractivity contribution in [1.82, 2.24) is 10.4 Å². The van der Waals surface area contributed by atoms with E-state index in [4.69, 9.17) is 4.74 Å². The summed E-state index contributed by atoms with van der Waals surface area (Å²) in [6.07, 6.45) is 4.44. The summed E-state index contributed by atoms with van der Waals surface area (Å²) in [6, 6.07) is 17.7. The van der Waals surface area contributed by atoms with Crippen molar-refractivity contribution in [2.75, 3.05) is 20.1 Å². The van der Waals surface area contributed by atoms with Gasteiger partial charge in [-0.3, -0.25) is 0 Å². The minimum Gasteiger partial charge on any atom is -0.470 e. The number of ether oxygens (including phenoxy) is 1. The van der Waals surface area contributed by atoms with Crippen molar-refractivity contribution in [3.05, 3.63) is 71.3 Å². The fourth-order valence-electron chi connectivity index (χ4n) is 4.74. The molecule has 3 aliphatic rings. The molecule has 0 aromatic heterocycles. The Kier molecular flexibility index (Phi) is 4.22. The summed E-state index contributed by atoms with van der Waals surface area (Å²) in [5, 5.41) is 2.38. The van der Waals surface area contributed by atoms with Gasteiger partial charge in [0.25, 0.3) is 0 Å². The molecule has 28 heavy (non-hydrogen) atoms.